The van der Waals surface area contributed by atoms with Crippen LogP contribution in [0.15, 0.2) is 30.3 Å². The molecule has 0 saturated carbocycles. The van der Waals surface area contributed by atoms with Crippen molar-refractivity contribution in [1.82, 2.24) is 0 Å². The molecule has 0 spiro atoms. The SMILES string of the molecule is CC(C)[C@@H]1CC(=O)C[C@H](c2ccccc2)O1. The summed E-state index contributed by atoms with van der Waals surface area (Å²) in [5.41, 5.74) is 1.11. The molecule has 86 valence electrons. The highest BCUT2D eigenvalue weighted by Crippen LogP contribution is 2.31. The maximum atomic E-state index is 11.7. The van der Waals surface area contributed by atoms with Gasteiger partial charge in [-0.3, -0.25) is 4.79 Å². The molecule has 2 nitrogen and oxygen atoms in total. The minimum absolute atomic E-state index is 0.0464. The van der Waals surface area contributed by atoms with Crippen LogP contribution in [0.2, 0.25) is 0 Å². The maximum absolute atomic E-state index is 11.7. The van der Waals surface area contributed by atoms with Crippen molar-refractivity contribution in [3.63, 3.8) is 0 Å². The predicted octanol–water partition coefficient (Wildman–Crippen LogP) is 3.13. The molecule has 1 aliphatic rings. The molecule has 1 aliphatic heterocycles. The van der Waals surface area contributed by atoms with Gasteiger partial charge in [0.25, 0.3) is 0 Å². The molecule has 0 radical (unpaired) electrons. The summed E-state index contributed by atoms with van der Waals surface area (Å²) < 4.78 is 5.98. The van der Waals surface area contributed by atoms with Crippen molar-refractivity contribution in [2.45, 2.75) is 38.9 Å². The van der Waals surface area contributed by atoms with Gasteiger partial charge in [0, 0.05) is 12.8 Å². The van der Waals surface area contributed by atoms with Gasteiger partial charge in [-0.1, -0.05) is 44.2 Å². The fourth-order valence-corrected chi connectivity index (χ4v) is 2.08. The lowest BCUT2D eigenvalue weighted by Gasteiger charge is -2.31. The molecule has 0 aromatic heterocycles. The molecule has 2 atom stereocenters. The Morgan fingerprint density at radius 1 is 1.19 bits per heavy atom. The van der Waals surface area contributed by atoms with Crippen LogP contribution in [0.25, 0.3) is 0 Å². The van der Waals surface area contributed by atoms with Gasteiger partial charge in [-0.15, -0.1) is 0 Å². The van der Waals surface area contributed by atoms with Crippen LogP contribution in [0.5, 0.6) is 0 Å². The molecule has 1 fully saturated rings. The van der Waals surface area contributed by atoms with Crippen LogP contribution < -0.4 is 0 Å². The Kier molecular flexibility index (Phi) is 3.39. The number of rotatable bonds is 2. The fraction of sp³-hybridized carbons (Fsp3) is 0.500. The second kappa shape index (κ2) is 4.79. The monoisotopic (exact) mass is 218 g/mol. The van der Waals surface area contributed by atoms with E-state index in [-0.39, 0.29) is 12.2 Å². The Morgan fingerprint density at radius 2 is 1.88 bits per heavy atom. The molecular formula is C14H18O2. The van der Waals surface area contributed by atoms with E-state index in [1.807, 2.05) is 30.3 Å². The summed E-state index contributed by atoms with van der Waals surface area (Å²) in [6.07, 6.45) is 1.12. The van der Waals surface area contributed by atoms with E-state index >= 15 is 0 Å². The molecule has 16 heavy (non-hydrogen) atoms. The molecule has 2 heteroatoms. The largest absolute Gasteiger partial charge is 0.369 e. The number of ether oxygens (including phenoxy) is 1. The molecule has 0 aliphatic carbocycles. The van der Waals surface area contributed by atoms with Crippen molar-refractivity contribution >= 4 is 5.78 Å². The van der Waals surface area contributed by atoms with Crippen LogP contribution in [0, 0.1) is 5.92 Å². The molecule has 1 saturated heterocycles. The highest BCUT2D eigenvalue weighted by atomic mass is 16.5. The number of hydrogen-bond acceptors (Lipinski definition) is 2. The summed E-state index contributed by atoms with van der Waals surface area (Å²) in [5, 5.41) is 0. The average molecular weight is 218 g/mol. The maximum Gasteiger partial charge on any atom is 0.138 e. The summed E-state index contributed by atoms with van der Waals surface area (Å²) in [4.78, 5) is 11.7. The van der Waals surface area contributed by atoms with Gasteiger partial charge in [-0.05, 0) is 11.5 Å². The number of ketones is 1. The molecule has 0 bridgehead atoms. The van der Waals surface area contributed by atoms with E-state index in [0.29, 0.717) is 24.5 Å². The van der Waals surface area contributed by atoms with E-state index in [1.54, 1.807) is 0 Å². The molecule has 1 aromatic rings. The number of benzene rings is 1. The number of Topliss-reactive ketones (excluding diaryl/α,β-unsaturated/α-hetero) is 1. The second-order valence-electron chi connectivity index (χ2n) is 4.76. The summed E-state index contributed by atoms with van der Waals surface area (Å²) in [7, 11) is 0. The van der Waals surface area contributed by atoms with Gasteiger partial charge in [0.1, 0.15) is 5.78 Å². The summed E-state index contributed by atoms with van der Waals surface area (Å²) in [6.45, 7) is 4.20. The third kappa shape index (κ3) is 2.50. The Morgan fingerprint density at radius 3 is 2.50 bits per heavy atom. The van der Waals surface area contributed by atoms with Gasteiger partial charge >= 0.3 is 0 Å². The standard InChI is InChI=1S/C14H18O2/c1-10(2)13-8-12(15)9-14(16-13)11-6-4-3-5-7-11/h3-7,10,13-14H,8-9H2,1-2H3/t13-,14+/m0/s1. The first-order chi connectivity index (χ1) is 7.66. The van der Waals surface area contributed by atoms with Crippen molar-refractivity contribution in [1.29, 1.82) is 0 Å². The zero-order chi connectivity index (χ0) is 11.5. The fourth-order valence-electron chi connectivity index (χ4n) is 2.08. The van der Waals surface area contributed by atoms with E-state index < -0.39 is 0 Å². The Hall–Kier alpha value is -1.15. The first-order valence-corrected chi connectivity index (χ1v) is 5.89. The van der Waals surface area contributed by atoms with Crippen LogP contribution in [0.4, 0.5) is 0 Å². The summed E-state index contributed by atoms with van der Waals surface area (Å²) >= 11 is 0. The average Bonchev–Trinajstić information content (AvgIpc) is 2.29. The lowest BCUT2D eigenvalue weighted by Crippen LogP contribution is -2.32. The van der Waals surface area contributed by atoms with Crippen molar-refractivity contribution in [2.24, 2.45) is 5.92 Å². The first kappa shape index (κ1) is 11.3. The smallest absolute Gasteiger partial charge is 0.138 e. The van der Waals surface area contributed by atoms with Crippen LogP contribution in [-0.2, 0) is 9.53 Å². The van der Waals surface area contributed by atoms with Crippen molar-refractivity contribution in [3.05, 3.63) is 35.9 Å². The van der Waals surface area contributed by atoms with Gasteiger partial charge in [0.05, 0.1) is 12.2 Å². The minimum Gasteiger partial charge on any atom is -0.369 e. The zero-order valence-corrected chi connectivity index (χ0v) is 9.85. The molecular weight excluding hydrogens is 200 g/mol. The first-order valence-electron chi connectivity index (χ1n) is 5.89. The molecule has 1 aromatic carbocycles. The highest BCUT2D eigenvalue weighted by molar-refractivity contribution is 5.80. The van der Waals surface area contributed by atoms with E-state index in [4.69, 9.17) is 4.74 Å². The van der Waals surface area contributed by atoms with Gasteiger partial charge in [-0.25, -0.2) is 0 Å². The Balaban J connectivity index is 2.14. The van der Waals surface area contributed by atoms with E-state index in [1.165, 1.54) is 0 Å². The van der Waals surface area contributed by atoms with E-state index in [9.17, 15) is 4.79 Å². The highest BCUT2D eigenvalue weighted by Gasteiger charge is 2.30. The Labute approximate surface area is 96.6 Å². The summed E-state index contributed by atoms with van der Waals surface area (Å²) in [5.74, 6) is 0.717. The van der Waals surface area contributed by atoms with Crippen molar-refractivity contribution in [3.8, 4) is 0 Å². The number of carbonyl (C=O) groups excluding carboxylic acids is 1. The normalized spacial score (nSPS) is 26.1. The molecule has 0 unspecified atom stereocenters. The van der Waals surface area contributed by atoms with Gasteiger partial charge in [-0.2, -0.15) is 0 Å². The zero-order valence-electron chi connectivity index (χ0n) is 9.85. The van der Waals surface area contributed by atoms with Crippen LogP contribution in [0.3, 0.4) is 0 Å². The van der Waals surface area contributed by atoms with Gasteiger partial charge in [0.2, 0.25) is 0 Å². The number of hydrogen-bond donors (Lipinski definition) is 0. The van der Waals surface area contributed by atoms with Crippen LogP contribution in [-0.4, -0.2) is 11.9 Å². The van der Waals surface area contributed by atoms with Crippen LogP contribution >= 0.6 is 0 Å². The third-order valence-corrected chi connectivity index (χ3v) is 3.10. The molecule has 1 heterocycles. The minimum atomic E-state index is -0.0464. The lowest BCUT2D eigenvalue weighted by molar-refractivity contribution is -0.139. The van der Waals surface area contributed by atoms with Gasteiger partial charge in [0.15, 0.2) is 0 Å². The third-order valence-electron chi connectivity index (χ3n) is 3.10. The molecule has 0 N–H and O–H groups in total. The second-order valence-corrected chi connectivity index (χ2v) is 4.76. The summed E-state index contributed by atoms with van der Waals surface area (Å²) in [6, 6.07) is 10.0. The topological polar surface area (TPSA) is 26.3 Å². The van der Waals surface area contributed by atoms with Crippen molar-refractivity contribution in [2.75, 3.05) is 0 Å². The lowest BCUT2D eigenvalue weighted by atomic mass is 9.92. The molecule has 0 amide bonds. The van der Waals surface area contributed by atoms with E-state index in [2.05, 4.69) is 13.8 Å². The quantitative estimate of drug-likeness (QED) is 0.762. The van der Waals surface area contributed by atoms with Crippen LogP contribution in [0.1, 0.15) is 38.4 Å². The van der Waals surface area contributed by atoms with Crippen molar-refractivity contribution < 1.29 is 9.53 Å². The van der Waals surface area contributed by atoms with E-state index in [0.717, 1.165) is 5.56 Å². The number of carbonyl (C=O) groups is 1. The Bertz CT molecular complexity index is 356. The molecule has 2 rings (SSSR count). The van der Waals surface area contributed by atoms with Gasteiger partial charge < -0.3 is 4.74 Å². The predicted molar refractivity (Wildman–Crippen MR) is 63.1 cm³/mol.